The van der Waals surface area contributed by atoms with E-state index in [-0.39, 0.29) is 50.9 Å². The lowest BCUT2D eigenvalue weighted by molar-refractivity contribution is -0.385. The van der Waals surface area contributed by atoms with E-state index in [0.717, 1.165) is 24.3 Å². The fourth-order valence-electron chi connectivity index (χ4n) is 3.65. The number of nitrogen functional groups attached to an aromatic ring is 1. The molecule has 0 atom stereocenters. The van der Waals surface area contributed by atoms with Crippen LogP contribution in [0.2, 0.25) is 15.1 Å². The minimum atomic E-state index is -4.52. The molecule has 0 saturated carbocycles. The zero-order valence-corrected chi connectivity index (χ0v) is 25.5. The van der Waals surface area contributed by atoms with Crippen LogP contribution >= 0.6 is 34.8 Å². The Labute approximate surface area is 271 Å². The lowest BCUT2D eigenvalue weighted by Gasteiger charge is -2.12. The van der Waals surface area contributed by atoms with Crippen LogP contribution in [0.25, 0.3) is 11.3 Å². The summed E-state index contributed by atoms with van der Waals surface area (Å²) in [5.41, 5.74) is 1.97. The van der Waals surface area contributed by atoms with Gasteiger partial charge in [0.1, 0.15) is 17.2 Å². The Morgan fingerprint density at radius 3 is 2.24 bits per heavy atom. The third-order valence-corrected chi connectivity index (χ3v) is 6.71. The van der Waals surface area contributed by atoms with E-state index in [2.05, 4.69) is 4.98 Å². The van der Waals surface area contributed by atoms with Crippen LogP contribution in [-0.2, 0) is 6.18 Å². The molecule has 0 amide bonds. The first-order chi connectivity index (χ1) is 21.5. The van der Waals surface area contributed by atoms with Gasteiger partial charge < -0.3 is 25.1 Å². The van der Waals surface area contributed by atoms with Crippen molar-refractivity contribution in [2.24, 2.45) is 0 Å². The van der Waals surface area contributed by atoms with Crippen molar-refractivity contribution < 1.29 is 51.0 Å². The van der Waals surface area contributed by atoms with Crippen LogP contribution in [0.5, 0.6) is 23.0 Å². The van der Waals surface area contributed by atoms with E-state index in [9.17, 15) is 36.9 Å². The van der Waals surface area contributed by atoms with E-state index >= 15 is 0 Å². The second-order valence-corrected chi connectivity index (χ2v) is 9.86. The predicted molar refractivity (Wildman–Crippen MR) is 158 cm³/mol. The molecule has 4 rings (SSSR count). The first kappa shape index (κ1) is 35.9. The first-order valence-corrected chi connectivity index (χ1v) is 13.5. The van der Waals surface area contributed by atoms with Crippen molar-refractivity contribution in [2.75, 3.05) is 19.5 Å². The standard InChI is InChI=1S/C15H11ClF3NO4.C13H8Cl2F2N2O3/c1-2-23-14-8-10(4-5-12(14)20(21)22)24-13-6-3-9(7-11(13)16)15(17,18)19;1-22-12-5(14)3-2-4(7(12)16)10-8(17)9(18)6(15)11(19-10)13(20)21/h3-8H,2H2,1H3;2-3H,1H3,(H2,18,19)(H,20,21). The molecule has 4 aromatic rings. The number of pyridine rings is 1. The summed E-state index contributed by atoms with van der Waals surface area (Å²) in [5.74, 6) is -3.88. The first-order valence-electron chi connectivity index (χ1n) is 12.4. The van der Waals surface area contributed by atoms with E-state index in [1.54, 1.807) is 6.92 Å². The number of hydrogen-bond acceptors (Lipinski definition) is 8. The molecule has 0 fully saturated rings. The van der Waals surface area contributed by atoms with Crippen molar-refractivity contribution in [1.29, 1.82) is 0 Å². The number of anilines is 1. The molecular formula is C28H19Cl3F5N3O7. The number of carbonyl (C=O) groups is 1. The average molecular weight is 711 g/mol. The molecular weight excluding hydrogens is 692 g/mol. The highest BCUT2D eigenvalue weighted by Gasteiger charge is 2.31. The highest BCUT2D eigenvalue weighted by Crippen LogP contribution is 2.40. The van der Waals surface area contributed by atoms with E-state index in [1.165, 1.54) is 31.4 Å². The number of rotatable bonds is 8. The number of carboxylic acids is 1. The molecule has 0 aliphatic carbocycles. The Bertz CT molecular complexity index is 1810. The summed E-state index contributed by atoms with van der Waals surface area (Å²) < 4.78 is 81.7. The van der Waals surface area contributed by atoms with Gasteiger partial charge in [-0.05, 0) is 43.3 Å². The molecule has 0 unspecified atom stereocenters. The highest BCUT2D eigenvalue weighted by atomic mass is 35.5. The molecule has 0 spiro atoms. The topological polar surface area (TPSA) is 147 Å². The smallest absolute Gasteiger partial charge is 0.416 e. The van der Waals surface area contributed by atoms with Crippen molar-refractivity contribution in [3.8, 4) is 34.3 Å². The number of benzene rings is 3. The number of hydrogen-bond donors (Lipinski definition) is 2. The molecule has 3 aromatic carbocycles. The molecule has 0 aliphatic heterocycles. The maximum atomic E-state index is 14.3. The number of alkyl halides is 3. The number of ether oxygens (including phenoxy) is 3. The van der Waals surface area contributed by atoms with Crippen LogP contribution in [0.1, 0.15) is 23.0 Å². The van der Waals surface area contributed by atoms with Crippen LogP contribution in [-0.4, -0.2) is 34.7 Å². The molecule has 0 aliphatic rings. The maximum Gasteiger partial charge on any atom is 0.416 e. The summed E-state index contributed by atoms with van der Waals surface area (Å²) in [4.78, 5) is 24.9. The van der Waals surface area contributed by atoms with Gasteiger partial charge in [-0.2, -0.15) is 13.2 Å². The Hall–Kier alpha value is -4.60. The quantitative estimate of drug-likeness (QED) is 0.104. The number of aromatic nitrogens is 1. The SMILES string of the molecule is CCOc1cc(Oc2ccc(C(F)(F)F)cc2Cl)ccc1[N+](=O)[O-].COc1c(Cl)ccc(-c2nc(C(=O)O)c(Cl)c(N)c2F)c1F. The Kier molecular flexibility index (Phi) is 11.4. The zero-order chi connectivity index (χ0) is 34.5. The zero-order valence-electron chi connectivity index (χ0n) is 23.2. The van der Waals surface area contributed by atoms with Crippen molar-refractivity contribution in [3.05, 3.63) is 96.6 Å². The minimum Gasteiger partial charge on any atom is -0.492 e. The number of halogens is 8. The van der Waals surface area contributed by atoms with Crippen LogP contribution in [0.15, 0.2) is 48.5 Å². The van der Waals surface area contributed by atoms with Crippen LogP contribution < -0.4 is 19.9 Å². The lowest BCUT2D eigenvalue weighted by Crippen LogP contribution is -2.09. The van der Waals surface area contributed by atoms with Gasteiger partial charge in [0.15, 0.2) is 23.1 Å². The molecule has 10 nitrogen and oxygen atoms in total. The van der Waals surface area contributed by atoms with Crippen molar-refractivity contribution in [3.63, 3.8) is 0 Å². The molecule has 18 heteroatoms. The van der Waals surface area contributed by atoms with Gasteiger partial charge in [0.05, 0.1) is 45.0 Å². The van der Waals surface area contributed by atoms with Crippen molar-refractivity contribution >= 4 is 52.1 Å². The van der Waals surface area contributed by atoms with Gasteiger partial charge >= 0.3 is 17.8 Å². The highest BCUT2D eigenvalue weighted by molar-refractivity contribution is 6.35. The van der Waals surface area contributed by atoms with E-state index in [1.807, 2.05) is 0 Å². The Balaban J connectivity index is 0.000000251. The van der Waals surface area contributed by atoms with Crippen molar-refractivity contribution in [1.82, 2.24) is 4.98 Å². The number of nitrogens with zero attached hydrogens (tertiary/aromatic N) is 2. The fraction of sp³-hybridized carbons (Fsp3) is 0.143. The number of methoxy groups -OCH3 is 1. The molecule has 3 N–H and O–H groups in total. The summed E-state index contributed by atoms with van der Waals surface area (Å²) in [6.45, 7) is 1.86. The van der Waals surface area contributed by atoms with Gasteiger partial charge in [0.2, 0.25) is 5.75 Å². The van der Waals surface area contributed by atoms with Crippen molar-refractivity contribution in [2.45, 2.75) is 13.1 Å². The average Bonchev–Trinajstić information content (AvgIpc) is 2.98. The normalized spacial score (nSPS) is 10.9. The van der Waals surface area contributed by atoms with Gasteiger partial charge in [-0.15, -0.1) is 0 Å². The van der Waals surface area contributed by atoms with E-state index < -0.39 is 56.4 Å². The van der Waals surface area contributed by atoms with Gasteiger partial charge in [-0.1, -0.05) is 34.8 Å². The van der Waals surface area contributed by atoms with Crippen LogP contribution in [0, 0.1) is 21.7 Å². The Morgan fingerprint density at radius 1 is 1.02 bits per heavy atom. The van der Waals surface area contributed by atoms with Crippen LogP contribution in [0.4, 0.5) is 33.3 Å². The fourth-order valence-corrected chi connectivity index (χ4v) is 4.30. The third-order valence-electron chi connectivity index (χ3n) is 5.74. The summed E-state index contributed by atoms with van der Waals surface area (Å²) >= 11 is 17.2. The van der Waals surface area contributed by atoms with Gasteiger partial charge in [0.25, 0.3) is 0 Å². The summed E-state index contributed by atoms with van der Waals surface area (Å²) in [6, 6.07) is 8.78. The largest absolute Gasteiger partial charge is 0.492 e. The molecule has 0 saturated heterocycles. The minimum absolute atomic E-state index is 0.0111. The second kappa shape index (κ2) is 14.7. The summed E-state index contributed by atoms with van der Waals surface area (Å²) in [6.07, 6.45) is -4.52. The monoisotopic (exact) mass is 709 g/mol. The van der Waals surface area contributed by atoms with Crippen LogP contribution in [0.3, 0.4) is 0 Å². The number of nitrogens with two attached hydrogens (primary N) is 1. The molecule has 0 bridgehead atoms. The number of carboxylic acid groups (broad SMARTS) is 1. The number of nitro groups is 1. The Morgan fingerprint density at radius 2 is 1.70 bits per heavy atom. The molecule has 244 valence electrons. The van der Waals surface area contributed by atoms with Gasteiger partial charge in [-0.25, -0.2) is 18.6 Å². The maximum absolute atomic E-state index is 14.3. The number of nitro benzene ring substituents is 1. The summed E-state index contributed by atoms with van der Waals surface area (Å²) in [5, 5.41) is 19.1. The summed E-state index contributed by atoms with van der Waals surface area (Å²) in [7, 11) is 1.18. The molecule has 46 heavy (non-hydrogen) atoms. The van der Waals surface area contributed by atoms with Gasteiger partial charge in [0, 0.05) is 17.7 Å². The van der Waals surface area contributed by atoms with Gasteiger partial charge in [-0.3, -0.25) is 10.1 Å². The number of aromatic carboxylic acids is 1. The van der Waals surface area contributed by atoms with E-state index in [4.69, 9.17) is 59.9 Å². The second-order valence-electron chi connectivity index (χ2n) is 8.66. The molecule has 0 radical (unpaired) electrons. The third kappa shape index (κ3) is 7.97. The lowest BCUT2D eigenvalue weighted by atomic mass is 10.1. The molecule has 1 aromatic heterocycles. The van der Waals surface area contributed by atoms with E-state index in [0.29, 0.717) is 0 Å². The molecule has 1 heterocycles. The predicted octanol–water partition coefficient (Wildman–Crippen LogP) is 9.08.